The highest BCUT2D eigenvalue weighted by atomic mass is 32.2. The molecule has 0 aliphatic carbocycles. The van der Waals surface area contributed by atoms with Crippen molar-refractivity contribution in [3.05, 3.63) is 59.5 Å². The van der Waals surface area contributed by atoms with Crippen molar-refractivity contribution in [2.45, 2.75) is 12.5 Å². The lowest BCUT2D eigenvalue weighted by atomic mass is 10.1. The molecule has 0 saturated heterocycles. The van der Waals surface area contributed by atoms with Crippen LogP contribution in [-0.2, 0) is 21.0 Å². The highest BCUT2D eigenvalue weighted by Crippen LogP contribution is 2.17. The van der Waals surface area contributed by atoms with Crippen molar-refractivity contribution >= 4 is 20.6 Å². The molecule has 104 valence electrons. The topological polar surface area (TPSA) is 43.4 Å². The van der Waals surface area contributed by atoms with Gasteiger partial charge in [-0.3, -0.25) is 0 Å². The first-order valence-electron chi connectivity index (χ1n) is 6.63. The Morgan fingerprint density at radius 1 is 1.10 bits per heavy atom. The summed E-state index contributed by atoms with van der Waals surface area (Å²) in [5, 5.41) is 3.68. The molecule has 0 saturated carbocycles. The minimum atomic E-state index is -3.02. The molecule has 2 aromatic rings. The van der Waals surface area contributed by atoms with Crippen molar-refractivity contribution in [3.63, 3.8) is 0 Å². The summed E-state index contributed by atoms with van der Waals surface area (Å²) in [5.41, 5.74) is 1.20. The van der Waals surface area contributed by atoms with Crippen LogP contribution in [0.25, 0.3) is 10.8 Å². The van der Waals surface area contributed by atoms with Gasteiger partial charge in [0.2, 0.25) is 0 Å². The lowest BCUT2D eigenvalue weighted by molar-refractivity contribution is 0.104. The molecule has 1 heterocycles. The average molecular weight is 288 g/mol. The molecule has 4 heteroatoms. The second kappa shape index (κ2) is 5.38. The first kappa shape index (κ1) is 13.3. The van der Waals surface area contributed by atoms with E-state index in [0.717, 1.165) is 6.42 Å². The molecule has 0 fully saturated rings. The van der Waals surface area contributed by atoms with Gasteiger partial charge in [0.25, 0.3) is 0 Å². The Bertz CT molecular complexity index is 747. The van der Waals surface area contributed by atoms with Gasteiger partial charge in [0.1, 0.15) is 0 Å². The normalized spacial score (nSPS) is 20.5. The zero-order valence-corrected chi connectivity index (χ0v) is 11.8. The molecule has 1 atom stereocenters. The fraction of sp³-hybridized carbons (Fsp3) is 0.250. The van der Waals surface area contributed by atoms with Crippen LogP contribution in [0, 0.1) is 0 Å². The third kappa shape index (κ3) is 3.08. The van der Waals surface area contributed by atoms with Gasteiger partial charge in [-0.25, -0.2) is 8.42 Å². The summed E-state index contributed by atoms with van der Waals surface area (Å²) in [6, 6.07) is 14.6. The lowest BCUT2D eigenvalue weighted by Crippen LogP contribution is -2.16. The number of ether oxygens (including phenoxy) is 1. The first-order valence-corrected chi connectivity index (χ1v) is 8.34. The minimum Gasteiger partial charge on any atom is -0.373 e. The number of sulfone groups is 1. The Hall–Kier alpha value is -1.65. The number of hydrogen-bond donors (Lipinski definition) is 0. The Morgan fingerprint density at radius 3 is 2.65 bits per heavy atom. The molecule has 0 radical (unpaired) electrons. The second-order valence-electron chi connectivity index (χ2n) is 5.00. The van der Waals surface area contributed by atoms with E-state index in [1.54, 1.807) is 6.08 Å². The zero-order valence-electron chi connectivity index (χ0n) is 11.0. The van der Waals surface area contributed by atoms with Gasteiger partial charge in [-0.15, -0.1) is 0 Å². The summed E-state index contributed by atoms with van der Waals surface area (Å²) in [7, 11) is -3.02. The average Bonchev–Trinajstić information content (AvgIpc) is 2.78. The van der Waals surface area contributed by atoms with E-state index in [4.69, 9.17) is 4.74 Å². The molecule has 1 unspecified atom stereocenters. The summed E-state index contributed by atoms with van der Waals surface area (Å²) >= 11 is 0. The molecular weight excluding hydrogens is 272 g/mol. The maximum absolute atomic E-state index is 11.3. The lowest BCUT2D eigenvalue weighted by Gasteiger charge is -2.09. The van der Waals surface area contributed by atoms with Gasteiger partial charge in [-0.2, -0.15) is 0 Å². The van der Waals surface area contributed by atoms with Gasteiger partial charge in [0, 0.05) is 5.41 Å². The van der Waals surface area contributed by atoms with Crippen LogP contribution in [-0.4, -0.2) is 26.9 Å². The van der Waals surface area contributed by atoms with Gasteiger partial charge in [-0.1, -0.05) is 42.5 Å². The van der Waals surface area contributed by atoms with E-state index in [-0.39, 0.29) is 11.9 Å². The van der Waals surface area contributed by atoms with E-state index in [1.807, 2.05) is 12.1 Å². The molecule has 20 heavy (non-hydrogen) atoms. The fourth-order valence-corrected chi connectivity index (χ4v) is 3.56. The standard InChI is InChI=1S/C16H16O3S/c17-20(18)10-8-16(12-20)19-9-7-13-5-6-14-3-1-2-4-15(14)11-13/h1-6,8,10-11,16H,7,9,12H2. The van der Waals surface area contributed by atoms with Crippen molar-refractivity contribution in [2.24, 2.45) is 0 Å². The summed E-state index contributed by atoms with van der Waals surface area (Å²) in [6.07, 6.45) is 2.12. The van der Waals surface area contributed by atoms with Crippen molar-refractivity contribution in [3.8, 4) is 0 Å². The molecule has 1 aliphatic rings. The number of benzene rings is 2. The second-order valence-corrected chi connectivity index (χ2v) is 6.93. The Morgan fingerprint density at radius 2 is 1.90 bits per heavy atom. The van der Waals surface area contributed by atoms with E-state index >= 15 is 0 Å². The molecular formula is C16H16O3S. The monoisotopic (exact) mass is 288 g/mol. The molecule has 2 aromatic carbocycles. The third-order valence-corrected chi connectivity index (χ3v) is 4.80. The number of rotatable bonds is 4. The van der Waals surface area contributed by atoms with Crippen LogP contribution >= 0.6 is 0 Å². The SMILES string of the molecule is O=S1(=O)C=CC(OCCc2ccc3ccccc3c2)C1. The summed E-state index contributed by atoms with van der Waals surface area (Å²) in [4.78, 5) is 0. The van der Waals surface area contributed by atoms with Crippen LogP contribution in [0.2, 0.25) is 0 Å². The number of fused-ring (bicyclic) bond motifs is 1. The van der Waals surface area contributed by atoms with E-state index in [2.05, 4.69) is 30.3 Å². The first-order chi connectivity index (χ1) is 9.62. The quantitative estimate of drug-likeness (QED) is 0.869. The third-order valence-electron chi connectivity index (χ3n) is 3.43. The minimum absolute atomic E-state index is 0.0741. The van der Waals surface area contributed by atoms with Crippen LogP contribution in [0.1, 0.15) is 5.56 Å². The van der Waals surface area contributed by atoms with Gasteiger partial charge < -0.3 is 4.74 Å². The van der Waals surface area contributed by atoms with Crippen molar-refractivity contribution < 1.29 is 13.2 Å². The van der Waals surface area contributed by atoms with E-state index < -0.39 is 9.84 Å². The van der Waals surface area contributed by atoms with E-state index in [1.165, 1.54) is 21.7 Å². The molecule has 3 nitrogen and oxygen atoms in total. The van der Waals surface area contributed by atoms with Crippen LogP contribution in [0.4, 0.5) is 0 Å². The van der Waals surface area contributed by atoms with Crippen LogP contribution in [0.5, 0.6) is 0 Å². The summed E-state index contributed by atoms with van der Waals surface area (Å²) < 4.78 is 28.1. The summed E-state index contributed by atoms with van der Waals surface area (Å²) in [5.74, 6) is 0.0741. The molecule has 0 bridgehead atoms. The fourth-order valence-electron chi connectivity index (χ4n) is 2.37. The van der Waals surface area contributed by atoms with Gasteiger partial charge in [0.05, 0.1) is 18.5 Å². The molecule has 1 aliphatic heterocycles. The smallest absolute Gasteiger partial charge is 0.174 e. The van der Waals surface area contributed by atoms with Gasteiger partial charge >= 0.3 is 0 Å². The van der Waals surface area contributed by atoms with Crippen LogP contribution < -0.4 is 0 Å². The molecule has 0 aromatic heterocycles. The Balaban J connectivity index is 1.59. The van der Waals surface area contributed by atoms with E-state index in [9.17, 15) is 8.42 Å². The predicted molar refractivity (Wildman–Crippen MR) is 80.3 cm³/mol. The number of hydrogen-bond acceptors (Lipinski definition) is 3. The van der Waals surface area contributed by atoms with Crippen molar-refractivity contribution in [2.75, 3.05) is 12.4 Å². The molecule has 3 rings (SSSR count). The molecule has 0 amide bonds. The van der Waals surface area contributed by atoms with Crippen LogP contribution in [0.15, 0.2) is 53.9 Å². The van der Waals surface area contributed by atoms with Crippen molar-refractivity contribution in [1.29, 1.82) is 0 Å². The van der Waals surface area contributed by atoms with Gasteiger partial charge in [0.15, 0.2) is 9.84 Å². The maximum atomic E-state index is 11.3. The van der Waals surface area contributed by atoms with Crippen molar-refractivity contribution in [1.82, 2.24) is 0 Å². The highest BCUT2D eigenvalue weighted by molar-refractivity contribution is 7.94. The Labute approximate surface area is 118 Å². The molecule has 0 spiro atoms. The zero-order chi connectivity index (χ0) is 14.0. The largest absolute Gasteiger partial charge is 0.373 e. The summed E-state index contributed by atoms with van der Waals surface area (Å²) in [6.45, 7) is 0.531. The highest BCUT2D eigenvalue weighted by Gasteiger charge is 2.21. The maximum Gasteiger partial charge on any atom is 0.174 e. The van der Waals surface area contributed by atoms with Crippen LogP contribution in [0.3, 0.4) is 0 Å². The Kier molecular flexibility index (Phi) is 3.59. The molecule has 0 N–H and O–H groups in total. The predicted octanol–water partition coefficient (Wildman–Crippen LogP) is 2.71. The van der Waals surface area contributed by atoms with Gasteiger partial charge in [-0.05, 0) is 28.8 Å². The van der Waals surface area contributed by atoms with E-state index in [0.29, 0.717) is 6.61 Å².